The highest BCUT2D eigenvalue weighted by atomic mass is 32.1. The lowest BCUT2D eigenvalue weighted by Gasteiger charge is -2.24. The van der Waals surface area contributed by atoms with Crippen LogP contribution in [0.5, 0.6) is 5.75 Å². The maximum Gasteiger partial charge on any atom is 0.251 e. The molecule has 34 heavy (non-hydrogen) atoms. The average Bonchev–Trinajstić information content (AvgIpc) is 3.28. The summed E-state index contributed by atoms with van der Waals surface area (Å²) in [5.74, 6) is 1.15. The molecule has 3 aromatic rings. The minimum Gasteiger partial charge on any atom is -0.490 e. The molecule has 0 radical (unpaired) electrons. The molecule has 3 heterocycles. The van der Waals surface area contributed by atoms with Gasteiger partial charge in [-0.25, -0.2) is 4.98 Å². The summed E-state index contributed by atoms with van der Waals surface area (Å²) in [5, 5.41) is 12.3. The zero-order valence-corrected chi connectivity index (χ0v) is 20.4. The van der Waals surface area contributed by atoms with E-state index in [-0.39, 0.29) is 18.1 Å². The molecular formula is C26H30N4O3S. The fraction of sp³-hybridized carbons (Fsp3) is 0.462. The van der Waals surface area contributed by atoms with E-state index in [1.54, 1.807) is 11.3 Å². The van der Waals surface area contributed by atoms with Gasteiger partial charge in [-0.1, -0.05) is 6.42 Å². The summed E-state index contributed by atoms with van der Waals surface area (Å²) >= 11 is 1.72. The van der Waals surface area contributed by atoms with Crippen LogP contribution in [0.4, 0.5) is 0 Å². The Morgan fingerprint density at radius 3 is 2.68 bits per heavy atom. The molecule has 178 valence electrons. The van der Waals surface area contributed by atoms with Gasteiger partial charge >= 0.3 is 0 Å². The third kappa shape index (κ3) is 5.28. The van der Waals surface area contributed by atoms with Crippen LogP contribution in [0.15, 0.2) is 36.5 Å². The van der Waals surface area contributed by atoms with Gasteiger partial charge in [0, 0.05) is 35.0 Å². The van der Waals surface area contributed by atoms with Crippen LogP contribution in [0.1, 0.15) is 77.6 Å². The van der Waals surface area contributed by atoms with Gasteiger partial charge in [0.2, 0.25) is 0 Å². The van der Waals surface area contributed by atoms with Gasteiger partial charge in [-0.15, -0.1) is 11.3 Å². The number of nitrogens with zero attached hydrogens (tertiary/aromatic N) is 3. The van der Waals surface area contributed by atoms with E-state index in [9.17, 15) is 4.79 Å². The van der Waals surface area contributed by atoms with Crippen LogP contribution in [0, 0.1) is 6.92 Å². The minimum atomic E-state index is -0.269. The molecule has 0 spiro atoms. The number of ether oxygens (including phenoxy) is 2. The molecule has 2 aromatic heterocycles. The van der Waals surface area contributed by atoms with Crippen LogP contribution < -0.4 is 10.1 Å². The summed E-state index contributed by atoms with van der Waals surface area (Å²) in [6.07, 6.45) is 7.54. The van der Waals surface area contributed by atoms with Crippen LogP contribution in [0.25, 0.3) is 10.6 Å². The molecule has 1 amide bonds. The van der Waals surface area contributed by atoms with Crippen molar-refractivity contribution in [3.05, 3.63) is 58.4 Å². The zero-order chi connectivity index (χ0) is 23.5. The van der Waals surface area contributed by atoms with E-state index in [1.807, 2.05) is 50.4 Å². The van der Waals surface area contributed by atoms with Crippen molar-refractivity contribution in [3.8, 4) is 16.3 Å². The number of amides is 1. The van der Waals surface area contributed by atoms with Crippen molar-refractivity contribution < 1.29 is 14.3 Å². The second kappa shape index (κ2) is 10.2. The number of rotatable bonds is 7. The second-order valence-electron chi connectivity index (χ2n) is 9.17. The van der Waals surface area contributed by atoms with Crippen LogP contribution in [0.3, 0.4) is 0 Å². The minimum absolute atomic E-state index is 0.0866. The maximum atomic E-state index is 13.2. The van der Waals surface area contributed by atoms with E-state index in [2.05, 4.69) is 20.5 Å². The molecule has 1 unspecified atom stereocenters. The molecule has 8 heteroatoms. The van der Waals surface area contributed by atoms with Crippen molar-refractivity contribution in [2.75, 3.05) is 13.2 Å². The van der Waals surface area contributed by atoms with Gasteiger partial charge in [-0.2, -0.15) is 10.2 Å². The number of benzene rings is 1. The standard InChI is InChI=1S/C26H30N4O3S/c1-16-6-7-23(30-29-16)17(2)28-25(31)19-12-20(26-27-15-24(34-26)18-4-3-5-18)14-22(13-19)33-21-8-10-32-11-9-21/h6-7,12-15,17-18,21H,3-5,8-11H2,1-2H3,(H,28,31). The fourth-order valence-electron chi connectivity index (χ4n) is 4.20. The Morgan fingerprint density at radius 2 is 1.97 bits per heavy atom. The van der Waals surface area contributed by atoms with Crippen molar-refractivity contribution in [1.82, 2.24) is 20.5 Å². The number of nitrogens with one attached hydrogen (secondary N) is 1. The highest BCUT2D eigenvalue weighted by molar-refractivity contribution is 7.15. The van der Waals surface area contributed by atoms with Crippen LogP contribution >= 0.6 is 11.3 Å². The molecule has 5 rings (SSSR count). The Kier molecular flexibility index (Phi) is 6.87. The molecule has 0 bridgehead atoms. The van der Waals surface area contributed by atoms with E-state index >= 15 is 0 Å². The summed E-state index contributed by atoms with van der Waals surface area (Å²) in [7, 11) is 0. The first-order valence-corrected chi connectivity index (χ1v) is 12.8. The highest BCUT2D eigenvalue weighted by Gasteiger charge is 2.23. The topological polar surface area (TPSA) is 86.2 Å². The molecule has 1 saturated carbocycles. The lowest BCUT2D eigenvalue weighted by molar-refractivity contribution is 0.0255. The average molecular weight is 479 g/mol. The van der Waals surface area contributed by atoms with Crippen molar-refractivity contribution >= 4 is 17.2 Å². The molecule has 7 nitrogen and oxygen atoms in total. The maximum absolute atomic E-state index is 13.2. The molecule has 1 saturated heterocycles. The molecule has 2 aliphatic rings. The summed E-state index contributed by atoms with van der Waals surface area (Å²) in [5.41, 5.74) is 3.02. The first-order chi connectivity index (χ1) is 16.5. The highest BCUT2D eigenvalue weighted by Crippen LogP contribution is 2.41. The Bertz CT molecular complexity index is 1140. The number of carbonyl (C=O) groups excluding carboxylic acids is 1. The molecule has 1 atom stereocenters. The Hall–Kier alpha value is -2.84. The van der Waals surface area contributed by atoms with Crippen molar-refractivity contribution in [1.29, 1.82) is 0 Å². The molecule has 1 aliphatic carbocycles. The van der Waals surface area contributed by atoms with E-state index in [0.29, 0.717) is 30.4 Å². The van der Waals surface area contributed by atoms with E-state index in [4.69, 9.17) is 9.47 Å². The fourth-order valence-corrected chi connectivity index (χ4v) is 5.28. The summed E-state index contributed by atoms with van der Waals surface area (Å²) in [6.45, 7) is 5.20. The predicted octanol–water partition coefficient (Wildman–Crippen LogP) is 5.22. The van der Waals surface area contributed by atoms with Crippen LogP contribution in [0.2, 0.25) is 0 Å². The number of hydrogen-bond donors (Lipinski definition) is 1. The van der Waals surface area contributed by atoms with Crippen molar-refractivity contribution in [2.45, 2.75) is 64.0 Å². The molecule has 1 aromatic carbocycles. The van der Waals surface area contributed by atoms with Gasteiger partial charge in [0.15, 0.2) is 0 Å². The first-order valence-electron chi connectivity index (χ1n) is 12.0. The lowest BCUT2D eigenvalue weighted by atomic mass is 9.85. The molecule has 2 fully saturated rings. The summed E-state index contributed by atoms with van der Waals surface area (Å²) in [4.78, 5) is 19.3. The normalized spacial score (nSPS) is 17.7. The number of thiazole rings is 1. The summed E-state index contributed by atoms with van der Waals surface area (Å²) < 4.78 is 11.8. The Balaban J connectivity index is 1.40. The summed E-state index contributed by atoms with van der Waals surface area (Å²) in [6, 6.07) is 9.25. The van der Waals surface area contributed by atoms with Gasteiger partial charge in [0.25, 0.3) is 5.91 Å². The molecular weight excluding hydrogens is 448 g/mol. The SMILES string of the molecule is Cc1ccc(C(C)NC(=O)c2cc(OC3CCOCC3)cc(-c3ncc(C4CCC4)s3)c2)nn1. The third-order valence-corrected chi connectivity index (χ3v) is 7.74. The van der Waals surface area contributed by atoms with Gasteiger partial charge in [-0.05, 0) is 62.9 Å². The largest absolute Gasteiger partial charge is 0.490 e. The van der Waals surface area contributed by atoms with Gasteiger partial charge < -0.3 is 14.8 Å². The molecule has 1 aliphatic heterocycles. The van der Waals surface area contributed by atoms with E-state index in [0.717, 1.165) is 34.8 Å². The lowest BCUT2D eigenvalue weighted by Crippen LogP contribution is -2.28. The van der Waals surface area contributed by atoms with Gasteiger partial charge in [-0.3, -0.25) is 4.79 Å². The van der Waals surface area contributed by atoms with Gasteiger partial charge in [0.1, 0.15) is 16.9 Å². The van der Waals surface area contributed by atoms with Gasteiger partial charge in [0.05, 0.1) is 30.6 Å². The Morgan fingerprint density at radius 1 is 1.15 bits per heavy atom. The zero-order valence-electron chi connectivity index (χ0n) is 19.6. The predicted molar refractivity (Wildman–Crippen MR) is 131 cm³/mol. The quantitative estimate of drug-likeness (QED) is 0.501. The number of aryl methyl sites for hydroxylation is 1. The second-order valence-corrected chi connectivity index (χ2v) is 10.2. The number of hydrogen-bond acceptors (Lipinski definition) is 7. The van der Waals surface area contributed by atoms with Crippen molar-refractivity contribution in [2.24, 2.45) is 0 Å². The first kappa shape index (κ1) is 22.9. The smallest absolute Gasteiger partial charge is 0.251 e. The van der Waals surface area contributed by atoms with E-state index in [1.165, 1.54) is 24.1 Å². The van der Waals surface area contributed by atoms with E-state index < -0.39 is 0 Å². The monoisotopic (exact) mass is 478 g/mol. The van der Waals surface area contributed by atoms with Crippen LogP contribution in [-0.4, -0.2) is 40.4 Å². The molecule has 1 N–H and O–H groups in total. The van der Waals surface area contributed by atoms with Crippen LogP contribution in [-0.2, 0) is 4.74 Å². The third-order valence-electron chi connectivity index (χ3n) is 6.53. The van der Waals surface area contributed by atoms with Crippen molar-refractivity contribution in [3.63, 3.8) is 0 Å². The Labute approximate surface area is 203 Å². The number of carbonyl (C=O) groups is 1. The number of aromatic nitrogens is 3.